The van der Waals surface area contributed by atoms with Crippen LogP contribution >= 0.6 is 0 Å². The number of aromatic nitrogens is 1. The monoisotopic (exact) mass is 178 g/mol. The van der Waals surface area contributed by atoms with E-state index in [0.29, 0.717) is 5.69 Å². The van der Waals surface area contributed by atoms with Crippen molar-refractivity contribution in [2.75, 3.05) is 12.3 Å². The van der Waals surface area contributed by atoms with Crippen molar-refractivity contribution in [1.29, 1.82) is 0 Å². The molecule has 2 unspecified atom stereocenters. The Labute approximate surface area is 77.9 Å². The molecule has 0 bridgehead atoms. The predicted octanol–water partition coefficient (Wildman–Crippen LogP) is 1.70. The molecule has 0 spiro atoms. The number of hydrogen-bond donors (Lipinski definition) is 1. The van der Waals surface area contributed by atoms with Crippen molar-refractivity contribution in [3.05, 3.63) is 18.5 Å². The number of hydrogen-bond acceptors (Lipinski definition) is 3. The Bertz CT molecular complexity index is 301. The molecule has 0 saturated heterocycles. The van der Waals surface area contributed by atoms with Crippen molar-refractivity contribution in [2.24, 2.45) is 11.8 Å². The molecule has 1 aliphatic carbocycles. The fraction of sp³-hybridized carbons (Fsp3) is 0.500. The van der Waals surface area contributed by atoms with Crippen molar-refractivity contribution in [3.8, 4) is 5.75 Å². The zero-order chi connectivity index (χ0) is 9.26. The normalized spacial score (nSPS) is 25.6. The van der Waals surface area contributed by atoms with Crippen LogP contribution in [0.4, 0.5) is 5.69 Å². The van der Waals surface area contributed by atoms with Gasteiger partial charge < -0.3 is 10.5 Å². The van der Waals surface area contributed by atoms with Crippen molar-refractivity contribution >= 4 is 5.69 Å². The highest BCUT2D eigenvalue weighted by atomic mass is 16.5. The molecule has 2 atom stereocenters. The Morgan fingerprint density at radius 3 is 3.08 bits per heavy atom. The average molecular weight is 178 g/mol. The molecule has 1 aromatic rings. The maximum absolute atomic E-state index is 5.67. The molecule has 3 heteroatoms. The lowest BCUT2D eigenvalue weighted by molar-refractivity contribution is 0.294. The SMILES string of the molecule is CC1CC1COc1ccncc1N. The van der Waals surface area contributed by atoms with Crippen LogP contribution in [0.2, 0.25) is 0 Å². The molecule has 0 aromatic carbocycles. The standard InChI is InChI=1S/C10H14N2O/c1-7-4-8(7)6-13-10-2-3-12-5-9(10)11/h2-3,5,7-8H,4,6,11H2,1H3. The molecule has 1 heterocycles. The molecule has 70 valence electrons. The van der Waals surface area contributed by atoms with E-state index < -0.39 is 0 Å². The van der Waals surface area contributed by atoms with Gasteiger partial charge in [-0.2, -0.15) is 0 Å². The highest BCUT2D eigenvalue weighted by Crippen LogP contribution is 2.38. The molecule has 0 radical (unpaired) electrons. The van der Waals surface area contributed by atoms with Crippen molar-refractivity contribution in [3.63, 3.8) is 0 Å². The van der Waals surface area contributed by atoms with E-state index in [1.807, 2.05) is 6.07 Å². The van der Waals surface area contributed by atoms with Crippen LogP contribution in [-0.2, 0) is 0 Å². The van der Waals surface area contributed by atoms with Crippen LogP contribution in [0.1, 0.15) is 13.3 Å². The summed E-state index contributed by atoms with van der Waals surface area (Å²) in [6.45, 7) is 3.03. The number of rotatable bonds is 3. The maximum Gasteiger partial charge on any atom is 0.145 e. The summed E-state index contributed by atoms with van der Waals surface area (Å²) in [7, 11) is 0. The van der Waals surface area contributed by atoms with Gasteiger partial charge in [-0.25, -0.2) is 0 Å². The maximum atomic E-state index is 5.67. The Balaban J connectivity index is 1.90. The molecular weight excluding hydrogens is 164 g/mol. The van der Waals surface area contributed by atoms with Crippen molar-refractivity contribution < 1.29 is 4.74 Å². The third-order valence-electron chi connectivity index (χ3n) is 2.54. The predicted molar refractivity (Wildman–Crippen MR) is 51.4 cm³/mol. The Morgan fingerprint density at radius 2 is 2.46 bits per heavy atom. The lowest BCUT2D eigenvalue weighted by atomic mass is 10.3. The van der Waals surface area contributed by atoms with Gasteiger partial charge in [0, 0.05) is 12.3 Å². The quantitative estimate of drug-likeness (QED) is 0.766. The Morgan fingerprint density at radius 1 is 1.69 bits per heavy atom. The molecule has 1 fully saturated rings. The topological polar surface area (TPSA) is 48.1 Å². The van der Waals surface area contributed by atoms with Gasteiger partial charge in [0.05, 0.1) is 18.5 Å². The molecule has 0 amide bonds. The second kappa shape index (κ2) is 3.24. The van der Waals surface area contributed by atoms with Crippen molar-refractivity contribution in [1.82, 2.24) is 4.98 Å². The summed E-state index contributed by atoms with van der Waals surface area (Å²) in [6.07, 6.45) is 4.60. The minimum Gasteiger partial charge on any atom is -0.491 e. The molecule has 13 heavy (non-hydrogen) atoms. The van der Waals surface area contributed by atoms with E-state index in [1.165, 1.54) is 6.42 Å². The number of nitrogen functional groups attached to an aromatic ring is 1. The van der Waals surface area contributed by atoms with Crippen LogP contribution in [0, 0.1) is 11.8 Å². The van der Waals surface area contributed by atoms with Gasteiger partial charge in [0.1, 0.15) is 5.75 Å². The highest BCUT2D eigenvalue weighted by molar-refractivity contribution is 5.49. The molecule has 2 rings (SSSR count). The van der Waals surface area contributed by atoms with Crippen LogP contribution in [0.15, 0.2) is 18.5 Å². The molecule has 1 saturated carbocycles. The lowest BCUT2D eigenvalue weighted by Gasteiger charge is -2.06. The van der Waals surface area contributed by atoms with Gasteiger partial charge in [-0.15, -0.1) is 0 Å². The summed E-state index contributed by atoms with van der Waals surface area (Å²) in [5.41, 5.74) is 6.30. The third kappa shape index (κ3) is 1.91. The summed E-state index contributed by atoms with van der Waals surface area (Å²) >= 11 is 0. The second-order valence-electron chi connectivity index (χ2n) is 3.70. The summed E-state index contributed by atoms with van der Waals surface area (Å²) < 4.78 is 5.57. The lowest BCUT2D eigenvalue weighted by Crippen LogP contribution is -2.02. The van der Waals surface area contributed by atoms with Crippen LogP contribution < -0.4 is 10.5 Å². The molecule has 1 aromatic heterocycles. The molecule has 0 aliphatic heterocycles. The smallest absolute Gasteiger partial charge is 0.145 e. The first-order valence-corrected chi connectivity index (χ1v) is 4.59. The fourth-order valence-electron chi connectivity index (χ4n) is 1.35. The molecule has 3 nitrogen and oxygen atoms in total. The van der Waals surface area contributed by atoms with E-state index in [1.54, 1.807) is 12.4 Å². The number of nitrogens with two attached hydrogens (primary N) is 1. The van der Waals surface area contributed by atoms with Gasteiger partial charge in [0.15, 0.2) is 0 Å². The fourth-order valence-corrected chi connectivity index (χ4v) is 1.35. The van der Waals surface area contributed by atoms with E-state index in [2.05, 4.69) is 11.9 Å². The first kappa shape index (κ1) is 8.35. The van der Waals surface area contributed by atoms with Gasteiger partial charge in [-0.1, -0.05) is 6.92 Å². The summed E-state index contributed by atoms with van der Waals surface area (Å²) in [5, 5.41) is 0. The van der Waals surface area contributed by atoms with Gasteiger partial charge in [0.2, 0.25) is 0 Å². The van der Waals surface area contributed by atoms with Gasteiger partial charge in [-0.3, -0.25) is 4.98 Å². The number of anilines is 1. The summed E-state index contributed by atoms with van der Waals surface area (Å²) in [6, 6.07) is 1.81. The zero-order valence-electron chi connectivity index (χ0n) is 7.73. The first-order chi connectivity index (χ1) is 6.27. The van der Waals surface area contributed by atoms with E-state index in [0.717, 1.165) is 24.2 Å². The Hall–Kier alpha value is -1.25. The van der Waals surface area contributed by atoms with Crippen LogP contribution in [-0.4, -0.2) is 11.6 Å². The minimum atomic E-state index is 0.621. The average Bonchev–Trinajstić information content (AvgIpc) is 2.81. The first-order valence-electron chi connectivity index (χ1n) is 4.59. The third-order valence-corrected chi connectivity index (χ3v) is 2.54. The van der Waals surface area contributed by atoms with Gasteiger partial charge in [0.25, 0.3) is 0 Å². The van der Waals surface area contributed by atoms with Crippen LogP contribution in [0.5, 0.6) is 5.75 Å². The molecular formula is C10H14N2O. The number of nitrogens with zero attached hydrogens (tertiary/aromatic N) is 1. The number of pyridine rings is 1. The zero-order valence-corrected chi connectivity index (χ0v) is 7.73. The van der Waals surface area contributed by atoms with E-state index >= 15 is 0 Å². The summed E-state index contributed by atoms with van der Waals surface area (Å²) in [4.78, 5) is 3.90. The minimum absolute atomic E-state index is 0.621. The molecule has 1 aliphatic rings. The largest absolute Gasteiger partial charge is 0.491 e. The van der Waals surface area contributed by atoms with E-state index in [9.17, 15) is 0 Å². The van der Waals surface area contributed by atoms with Gasteiger partial charge in [-0.05, 0) is 18.3 Å². The summed E-state index contributed by atoms with van der Waals surface area (Å²) in [5.74, 6) is 2.31. The van der Waals surface area contributed by atoms with Crippen LogP contribution in [0.25, 0.3) is 0 Å². The van der Waals surface area contributed by atoms with E-state index in [-0.39, 0.29) is 0 Å². The Kier molecular flexibility index (Phi) is 2.08. The van der Waals surface area contributed by atoms with Gasteiger partial charge >= 0.3 is 0 Å². The number of ether oxygens (including phenoxy) is 1. The molecule has 2 N–H and O–H groups in total. The second-order valence-corrected chi connectivity index (χ2v) is 3.70. The van der Waals surface area contributed by atoms with Crippen molar-refractivity contribution in [2.45, 2.75) is 13.3 Å². The van der Waals surface area contributed by atoms with Crippen LogP contribution in [0.3, 0.4) is 0 Å². The highest BCUT2D eigenvalue weighted by Gasteiger charge is 2.33. The van der Waals surface area contributed by atoms with E-state index in [4.69, 9.17) is 10.5 Å².